The summed E-state index contributed by atoms with van der Waals surface area (Å²) in [6.45, 7) is 5.97. The topological polar surface area (TPSA) is 24.1 Å². The van der Waals surface area contributed by atoms with Gasteiger partial charge in [-0.15, -0.1) is 0 Å². The van der Waals surface area contributed by atoms with E-state index in [-0.39, 0.29) is 0 Å². The van der Waals surface area contributed by atoms with E-state index in [2.05, 4.69) is 24.5 Å². The van der Waals surface area contributed by atoms with Crippen LogP contribution in [0.4, 0.5) is 0 Å². The molecule has 1 heterocycles. The van der Waals surface area contributed by atoms with Crippen molar-refractivity contribution in [3.63, 3.8) is 0 Å². The summed E-state index contributed by atoms with van der Waals surface area (Å²) in [5.41, 5.74) is 0. The molecular formula is C15H30N2. The minimum Gasteiger partial charge on any atom is -0.314 e. The fourth-order valence-electron chi connectivity index (χ4n) is 3.73. The van der Waals surface area contributed by atoms with Crippen LogP contribution in [-0.2, 0) is 0 Å². The molecule has 1 aliphatic heterocycles. The molecule has 0 radical (unpaired) electrons. The van der Waals surface area contributed by atoms with Crippen molar-refractivity contribution >= 4 is 0 Å². The van der Waals surface area contributed by atoms with Crippen LogP contribution in [0.1, 0.15) is 65.2 Å². The van der Waals surface area contributed by atoms with Gasteiger partial charge in [-0.2, -0.15) is 0 Å². The lowest BCUT2D eigenvalue weighted by Gasteiger charge is -2.34. The summed E-state index contributed by atoms with van der Waals surface area (Å²) in [5, 5.41) is 7.52. The normalized spacial score (nSPS) is 36.0. The van der Waals surface area contributed by atoms with Crippen molar-refractivity contribution in [3.05, 3.63) is 0 Å². The van der Waals surface area contributed by atoms with Crippen molar-refractivity contribution in [1.29, 1.82) is 0 Å². The molecule has 2 nitrogen and oxygen atoms in total. The average Bonchev–Trinajstić information content (AvgIpc) is 2.82. The largest absolute Gasteiger partial charge is 0.314 e. The van der Waals surface area contributed by atoms with E-state index in [0.717, 1.165) is 18.0 Å². The highest BCUT2D eigenvalue weighted by atomic mass is 15.0. The van der Waals surface area contributed by atoms with Crippen LogP contribution in [0.15, 0.2) is 0 Å². The van der Waals surface area contributed by atoms with Gasteiger partial charge >= 0.3 is 0 Å². The molecule has 0 aromatic heterocycles. The molecule has 0 spiro atoms. The van der Waals surface area contributed by atoms with Crippen molar-refractivity contribution in [1.82, 2.24) is 10.6 Å². The highest BCUT2D eigenvalue weighted by molar-refractivity contribution is 4.85. The Morgan fingerprint density at radius 2 is 2.00 bits per heavy atom. The molecule has 4 unspecified atom stereocenters. The molecule has 0 aromatic carbocycles. The predicted octanol–water partition coefficient (Wildman–Crippen LogP) is 3.08. The van der Waals surface area contributed by atoms with Crippen LogP contribution in [0.3, 0.4) is 0 Å². The van der Waals surface area contributed by atoms with Crippen molar-refractivity contribution in [2.24, 2.45) is 5.92 Å². The highest BCUT2D eigenvalue weighted by Crippen LogP contribution is 2.27. The molecule has 1 saturated carbocycles. The van der Waals surface area contributed by atoms with Crippen LogP contribution in [-0.4, -0.2) is 24.7 Å². The van der Waals surface area contributed by atoms with Gasteiger partial charge in [0.15, 0.2) is 0 Å². The molecule has 2 rings (SSSR count). The van der Waals surface area contributed by atoms with Crippen LogP contribution in [0, 0.1) is 5.92 Å². The maximum Gasteiger partial charge on any atom is 0.00977 e. The fourth-order valence-corrected chi connectivity index (χ4v) is 3.73. The molecule has 1 saturated heterocycles. The Morgan fingerprint density at radius 3 is 2.71 bits per heavy atom. The molecule has 2 fully saturated rings. The molecule has 17 heavy (non-hydrogen) atoms. The summed E-state index contributed by atoms with van der Waals surface area (Å²) in [7, 11) is 0. The van der Waals surface area contributed by atoms with Gasteiger partial charge in [0.1, 0.15) is 0 Å². The van der Waals surface area contributed by atoms with E-state index in [1.807, 2.05) is 0 Å². The molecular weight excluding hydrogens is 208 g/mol. The van der Waals surface area contributed by atoms with Crippen LogP contribution in [0.2, 0.25) is 0 Å². The van der Waals surface area contributed by atoms with Crippen molar-refractivity contribution in [2.75, 3.05) is 6.54 Å². The summed E-state index contributed by atoms with van der Waals surface area (Å²) in [6, 6.07) is 2.26. The van der Waals surface area contributed by atoms with Crippen LogP contribution < -0.4 is 10.6 Å². The Kier molecular flexibility index (Phi) is 5.30. The molecule has 0 bridgehead atoms. The third kappa shape index (κ3) is 3.96. The molecule has 0 amide bonds. The zero-order chi connectivity index (χ0) is 12.1. The Bertz CT molecular complexity index is 211. The number of hydrogen-bond donors (Lipinski definition) is 2. The molecule has 1 aliphatic carbocycles. The Hall–Kier alpha value is -0.0800. The quantitative estimate of drug-likeness (QED) is 0.769. The van der Waals surface area contributed by atoms with Crippen LogP contribution in [0.5, 0.6) is 0 Å². The Balaban J connectivity index is 1.73. The Labute approximate surface area is 107 Å². The van der Waals surface area contributed by atoms with Gasteiger partial charge in [-0.25, -0.2) is 0 Å². The lowest BCUT2D eigenvalue weighted by molar-refractivity contribution is 0.232. The van der Waals surface area contributed by atoms with Gasteiger partial charge in [-0.05, 0) is 51.5 Å². The number of hydrogen-bond acceptors (Lipinski definition) is 2. The summed E-state index contributed by atoms with van der Waals surface area (Å²) in [4.78, 5) is 0. The first kappa shape index (κ1) is 13.4. The average molecular weight is 238 g/mol. The van der Waals surface area contributed by atoms with E-state index < -0.39 is 0 Å². The first-order valence-corrected chi connectivity index (χ1v) is 7.79. The summed E-state index contributed by atoms with van der Waals surface area (Å²) in [6.07, 6.45) is 11.2. The van der Waals surface area contributed by atoms with Gasteiger partial charge in [0.2, 0.25) is 0 Å². The summed E-state index contributed by atoms with van der Waals surface area (Å²) < 4.78 is 0. The van der Waals surface area contributed by atoms with Gasteiger partial charge in [0.25, 0.3) is 0 Å². The lowest BCUT2D eigenvalue weighted by Crippen LogP contribution is -2.45. The van der Waals surface area contributed by atoms with Crippen LogP contribution >= 0.6 is 0 Å². The van der Waals surface area contributed by atoms with E-state index in [0.29, 0.717) is 6.04 Å². The third-order valence-electron chi connectivity index (χ3n) is 4.73. The van der Waals surface area contributed by atoms with Crippen molar-refractivity contribution in [2.45, 2.75) is 83.3 Å². The van der Waals surface area contributed by atoms with Gasteiger partial charge in [0.05, 0.1) is 0 Å². The zero-order valence-corrected chi connectivity index (χ0v) is 11.7. The number of nitrogens with one attached hydrogen (secondary N) is 2. The van der Waals surface area contributed by atoms with E-state index in [1.165, 1.54) is 57.9 Å². The van der Waals surface area contributed by atoms with Gasteiger partial charge in [-0.1, -0.05) is 26.2 Å². The second kappa shape index (κ2) is 6.75. The molecule has 0 aromatic rings. The predicted molar refractivity (Wildman–Crippen MR) is 74.3 cm³/mol. The van der Waals surface area contributed by atoms with Crippen molar-refractivity contribution in [3.8, 4) is 0 Å². The van der Waals surface area contributed by atoms with Crippen LogP contribution in [0.25, 0.3) is 0 Å². The monoisotopic (exact) mass is 238 g/mol. The minimum atomic E-state index is 0.683. The first-order chi connectivity index (χ1) is 8.29. The maximum absolute atomic E-state index is 3.91. The van der Waals surface area contributed by atoms with Crippen molar-refractivity contribution < 1.29 is 0 Å². The lowest BCUT2D eigenvalue weighted by atomic mass is 9.82. The second-order valence-corrected chi connectivity index (χ2v) is 6.16. The molecule has 100 valence electrons. The summed E-state index contributed by atoms with van der Waals surface area (Å²) >= 11 is 0. The van der Waals surface area contributed by atoms with Gasteiger partial charge in [-0.3, -0.25) is 0 Å². The Morgan fingerprint density at radius 1 is 1.18 bits per heavy atom. The molecule has 2 aliphatic rings. The fraction of sp³-hybridized carbons (Fsp3) is 1.00. The molecule has 2 heteroatoms. The highest BCUT2D eigenvalue weighted by Gasteiger charge is 2.25. The van der Waals surface area contributed by atoms with E-state index >= 15 is 0 Å². The van der Waals surface area contributed by atoms with E-state index in [4.69, 9.17) is 0 Å². The van der Waals surface area contributed by atoms with E-state index in [1.54, 1.807) is 0 Å². The molecule has 4 atom stereocenters. The second-order valence-electron chi connectivity index (χ2n) is 6.16. The van der Waals surface area contributed by atoms with Gasteiger partial charge in [0, 0.05) is 18.1 Å². The maximum atomic E-state index is 3.91. The minimum absolute atomic E-state index is 0.683. The third-order valence-corrected chi connectivity index (χ3v) is 4.73. The SMILES string of the molecule is CCC1CCCCC1NC(C)CC1CCCN1. The van der Waals surface area contributed by atoms with E-state index in [9.17, 15) is 0 Å². The smallest absolute Gasteiger partial charge is 0.00977 e. The van der Waals surface area contributed by atoms with Gasteiger partial charge < -0.3 is 10.6 Å². The summed E-state index contributed by atoms with van der Waals surface area (Å²) in [5.74, 6) is 0.933. The first-order valence-electron chi connectivity index (χ1n) is 7.79. The number of rotatable bonds is 5. The zero-order valence-electron chi connectivity index (χ0n) is 11.7. The molecule has 2 N–H and O–H groups in total. The standard InChI is InChI=1S/C15H30N2/c1-3-13-7-4-5-9-15(13)17-12(2)11-14-8-6-10-16-14/h12-17H,3-11H2,1-2H3.